The van der Waals surface area contributed by atoms with Gasteiger partial charge in [-0.05, 0) is 18.8 Å². The molecular formula is C14H22N4O2. The molecule has 20 heavy (non-hydrogen) atoms. The monoisotopic (exact) mass is 278 g/mol. The van der Waals surface area contributed by atoms with Crippen LogP contribution in [-0.4, -0.2) is 29.5 Å². The third-order valence-corrected chi connectivity index (χ3v) is 3.75. The van der Waals surface area contributed by atoms with E-state index in [2.05, 4.69) is 29.0 Å². The summed E-state index contributed by atoms with van der Waals surface area (Å²) in [7, 11) is 0. The summed E-state index contributed by atoms with van der Waals surface area (Å²) in [4.78, 5) is 17.4. The Morgan fingerprint density at radius 2 is 2.30 bits per heavy atom. The van der Waals surface area contributed by atoms with Crippen molar-refractivity contribution in [3.63, 3.8) is 0 Å². The van der Waals surface area contributed by atoms with Crippen molar-refractivity contribution >= 4 is 17.3 Å². The van der Waals surface area contributed by atoms with Gasteiger partial charge in [-0.2, -0.15) is 0 Å². The average molecular weight is 278 g/mol. The predicted molar refractivity (Wildman–Crippen MR) is 80.3 cm³/mol. The van der Waals surface area contributed by atoms with Crippen LogP contribution < -0.4 is 10.2 Å². The van der Waals surface area contributed by atoms with E-state index in [-0.39, 0.29) is 10.6 Å². The molecule has 0 aliphatic carbocycles. The summed E-state index contributed by atoms with van der Waals surface area (Å²) in [5.74, 6) is 1.98. The van der Waals surface area contributed by atoms with Crippen molar-refractivity contribution in [2.24, 2.45) is 5.92 Å². The lowest BCUT2D eigenvalue weighted by Gasteiger charge is -2.18. The van der Waals surface area contributed by atoms with Gasteiger partial charge in [-0.15, -0.1) is 0 Å². The van der Waals surface area contributed by atoms with Crippen LogP contribution >= 0.6 is 0 Å². The maximum atomic E-state index is 11.0. The molecule has 1 unspecified atom stereocenters. The van der Waals surface area contributed by atoms with Gasteiger partial charge in [0.2, 0.25) is 0 Å². The van der Waals surface area contributed by atoms with Crippen molar-refractivity contribution in [1.29, 1.82) is 0 Å². The van der Waals surface area contributed by atoms with E-state index in [1.165, 1.54) is 6.07 Å². The number of hydrogen-bond donors (Lipinski definition) is 1. The molecule has 0 spiro atoms. The first kappa shape index (κ1) is 14.6. The lowest BCUT2D eigenvalue weighted by molar-refractivity contribution is -0.384. The molecule has 0 radical (unpaired) electrons. The molecule has 0 saturated carbocycles. The largest absolute Gasteiger partial charge is 0.370 e. The van der Waals surface area contributed by atoms with E-state index < -0.39 is 0 Å². The van der Waals surface area contributed by atoms with Crippen LogP contribution in [0.4, 0.5) is 17.3 Å². The van der Waals surface area contributed by atoms with Crippen LogP contribution in [0.3, 0.4) is 0 Å². The molecule has 1 aromatic heterocycles. The van der Waals surface area contributed by atoms with Crippen molar-refractivity contribution < 1.29 is 4.92 Å². The van der Waals surface area contributed by atoms with E-state index >= 15 is 0 Å². The van der Waals surface area contributed by atoms with Crippen LogP contribution in [-0.2, 0) is 0 Å². The summed E-state index contributed by atoms with van der Waals surface area (Å²) < 4.78 is 0. The molecule has 1 atom stereocenters. The maximum Gasteiger partial charge on any atom is 0.276 e. The zero-order valence-electron chi connectivity index (χ0n) is 12.1. The molecule has 110 valence electrons. The zero-order valence-corrected chi connectivity index (χ0v) is 12.1. The molecule has 0 amide bonds. The van der Waals surface area contributed by atoms with Gasteiger partial charge >= 0.3 is 0 Å². The third kappa shape index (κ3) is 3.37. The Labute approximate surface area is 119 Å². The first-order chi connectivity index (χ1) is 9.63. The molecule has 2 heterocycles. The highest BCUT2D eigenvalue weighted by molar-refractivity contribution is 5.56. The van der Waals surface area contributed by atoms with Gasteiger partial charge in [0.15, 0.2) is 0 Å². The molecule has 0 aromatic carbocycles. The van der Waals surface area contributed by atoms with Crippen LogP contribution in [0.1, 0.15) is 33.1 Å². The molecular weight excluding hydrogens is 256 g/mol. The van der Waals surface area contributed by atoms with E-state index in [0.29, 0.717) is 17.6 Å². The van der Waals surface area contributed by atoms with Gasteiger partial charge in [0.1, 0.15) is 11.6 Å². The molecule has 1 aliphatic rings. The summed E-state index contributed by atoms with van der Waals surface area (Å²) in [6, 6.07) is 3.09. The van der Waals surface area contributed by atoms with Crippen molar-refractivity contribution in [2.75, 3.05) is 29.9 Å². The molecule has 1 fully saturated rings. The quantitative estimate of drug-likeness (QED) is 0.639. The highest BCUT2D eigenvalue weighted by atomic mass is 16.6. The van der Waals surface area contributed by atoms with Crippen molar-refractivity contribution in [2.45, 2.75) is 33.1 Å². The number of pyridine rings is 1. The minimum absolute atomic E-state index is 0.105. The Hall–Kier alpha value is -1.85. The molecule has 1 aromatic rings. The van der Waals surface area contributed by atoms with Gasteiger partial charge in [0.05, 0.1) is 17.1 Å². The van der Waals surface area contributed by atoms with Gasteiger partial charge in [-0.25, -0.2) is 4.98 Å². The van der Waals surface area contributed by atoms with Crippen molar-refractivity contribution in [1.82, 2.24) is 4.98 Å². The standard InChI is InChI=1S/C14H22N4O2/c1-3-6-15-13-8-12(18(19)20)9-14(16-13)17-7-5-11(4-2)10-17/h8-9,11H,3-7,10H2,1-2H3,(H,15,16). The number of nitrogens with zero attached hydrogens (tertiary/aromatic N) is 3. The fraction of sp³-hybridized carbons (Fsp3) is 0.643. The fourth-order valence-corrected chi connectivity index (χ4v) is 2.49. The maximum absolute atomic E-state index is 11.0. The van der Waals surface area contributed by atoms with Gasteiger partial charge in [-0.3, -0.25) is 10.1 Å². The van der Waals surface area contributed by atoms with Gasteiger partial charge < -0.3 is 10.2 Å². The van der Waals surface area contributed by atoms with Crippen molar-refractivity contribution in [3.8, 4) is 0 Å². The average Bonchev–Trinajstić information content (AvgIpc) is 2.93. The molecule has 1 saturated heterocycles. The Morgan fingerprint density at radius 1 is 1.50 bits per heavy atom. The normalized spacial score (nSPS) is 18.3. The molecule has 0 bridgehead atoms. The van der Waals surface area contributed by atoms with E-state index in [4.69, 9.17) is 0 Å². The van der Waals surface area contributed by atoms with E-state index in [1.807, 2.05) is 0 Å². The van der Waals surface area contributed by atoms with Crippen LogP contribution in [0.5, 0.6) is 0 Å². The van der Waals surface area contributed by atoms with Crippen LogP contribution in [0.15, 0.2) is 12.1 Å². The van der Waals surface area contributed by atoms with Crippen LogP contribution in [0, 0.1) is 16.0 Å². The second kappa shape index (κ2) is 6.54. The zero-order chi connectivity index (χ0) is 14.5. The Kier molecular flexibility index (Phi) is 4.76. The number of rotatable bonds is 6. The second-order valence-electron chi connectivity index (χ2n) is 5.26. The summed E-state index contributed by atoms with van der Waals surface area (Å²) in [6.07, 6.45) is 3.24. The summed E-state index contributed by atoms with van der Waals surface area (Å²) in [5, 5.41) is 14.2. The Bertz CT molecular complexity index is 478. The first-order valence-corrected chi connectivity index (χ1v) is 7.29. The lowest BCUT2D eigenvalue weighted by Crippen LogP contribution is -2.21. The number of nitro groups is 1. The number of hydrogen-bond acceptors (Lipinski definition) is 5. The highest BCUT2D eigenvalue weighted by Crippen LogP contribution is 2.28. The van der Waals surface area contributed by atoms with Crippen LogP contribution in [0.25, 0.3) is 0 Å². The molecule has 6 nitrogen and oxygen atoms in total. The smallest absolute Gasteiger partial charge is 0.276 e. The first-order valence-electron chi connectivity index (χ1n) is 7.29. The van der Waals surface area contributed by atoms with Crippen molar-refractivity contribution in [3.05, 3.63) is 22.2 Å². The minimum atomic E-state index is -0.352. The third-order valence-electron chi connectivity index (χ3n) is 3.75. The number of nitrogens with one attached hydrogen (secondary N) is 1. The Balaban J connectivity index is 2.22. The van der Waals surface area contributed by atoms with E-state index in [9.17, 15) is 10.1 Å². The number of anilines is 2. The molecule has 2 rings (SSSR count). The molecule has 1 N–H and O–H groups in total. The number of aromatic nitrogens is 1. The summed E-state index contributed by atoms with van der Waals surface area (Å²) >= 11 is 0. The van der Waals surface area contributed by atoms with Gasteiger partial charge in [-0.1, -0.05) is 20.3 Å². The summed E-state index contributed by atoms with van der Waals surface area (Å²) in [6.45, 7) is 6.88. The van der Waals surface area contributed by atoms with Gasteiger partial charge in [0, 0.05) is 19.6 Å². The minimum Gasteiger partial charge on any atom is -0.370 e. The van der Waals surface area contributed by atoms with Crippen LogP contribution in [0.2, 0.25) is 0 Å². The highest BCUT2D eigenvalue weighted by Gasteiger charge is 2.24. The molecule has 1 aliphatic heterocycles. The fourth-order valence-electron chi connectivity index (χ4n) is 2.49. The predicted octanol–water partition coefficient (Wildman–Crippen LogP) is 3.05. The topological polar surface area (TPSA) is 71.3 Å². The van der Waals surface area contributed by atoms with Gasteiger partial charge in [0.25, 0.3) is 5.69 Å². The van der Waals surface area contributed by atoms with E-state index in [1.54, 1.807) is 6.07 Å². The Morgan fingerprint density at radius 3 is 2.90 bits per heavy atom. The summed E-state index contributed by atoms with van der Waals surface area (Å²) in [5.41, 5.74) is 0.105. The van der Waals surface area contributed by atoms with E-state index in [0.717, 1.165) is 38.9 Å². The lowest BCUT2D eigenvalue weighted by atomic mass is 10.1. The second-order valence-corrected chi connectivity index (χ2v) is 5.26. The molecule has 6 heteroatoms. The SMILES string of the molecule is CCCNc1cc([N+](=O)[O-])cc(N2CCC(CC)C2)n1.